The van der Waals surface area contributed by atoms with Crippen LogP contribution >= 0.6 is 0 Å². The molecular formula is C15H20N2O. The fraction of sp³-hybridized carbons (Fsp3) is 0.400. The van der Waals surface area contributed by atoms with Crippen LogP contribution in [0.5, 0.6) is 0 Å². The lowest BCUT2D eigenvalue weighted by Crippen LogP contribution is -2.46. The van der Waals surface area contributed by atoms with Crippen LogP contribution in [-0.2, 0) is 5.60 Å². The quantitative estimate of drug-likeness (QED) is 0.853. The molecule has 0 fully saturated rings. The summed E-state index contributed by atoms with van der Waals surface area (Å²) >= 11 is 0. The van der Waals surface area contributed by atoms with Gasteiger partial charge in [-0.2, -0.15) is 0 Å². The molecular weight excluding hydrogens is 224 g/mol. The highest BCUT2D eigenvalue weighted by molar-refractivity contribution is 5.79. The number of benzene rings is 1. The molecule has 0 aliphatic rings. The summed E-state index contributed by atoms with van der Waals surface area (Å²) in [4.78, 5) is 4.32. The van der Waals surface area contributed by atoms with Gasteiger partial charge >= 0.3 is 0 Å². The molecule has 0 saturated carbocycles. The first-order chi connectivity index (χ1) is 8.38. The van der Waals surface area contributed by atoms with Gasteiger partial charge in [0.1, 0.15) is 5.60 Å². The summed E-state index contributed by atoms with van der Waals surface area (Å²) in [6.07, 6.45) is 1.75. The van der Waals surface area contributed by atoms with Crippen LogP contribution in [0.4, 0.5) is 0 Å². The van der Waals surface area contributed by atoms with Crippen molar-refractivity contribution in [2.24, 2.45) is 11.1 Å². The van der Waals surface area contributed by atoms with Crippen molar-refractivity contribution in [3.8, 4) is 0 Å². The molecule has 3 N–H and O–H groups in total. The third-order valence-electron chi connectivity index (χ3n) is 3.62. The Morgan fingerprint density at radius 1 is 1.22 bits per heavy atom. The van der Waals surface area contributed by atoms with E-state index in [1.54, 1.807) is 6.20 Å². The first kappa shape index (κ1) is 13.0. The lowest BCUT2D eigenvalue weighted by molar-refractivity contribution is -0.0556. The third kappa shape index (κ3) is 2.00. The summed E-state index contributed by atoms with van der Waals surface area (Å²) in [7, 11) is 0. The first-order valence-electron chi connectivity index (χ1n) is 6.16. The summed E-state index contributed by atoms with van der Waals surface area (Å²) in [6, 6.07) is 9.74. The fourth-order valence-electron chi connectivity index (χ4n) is 2.18. The van der Waals surface area contributed by atoms with Crippen LogP contribution in [-0.4, -0.2) is 16.6 Å². The van der Waals surface area contributed by atoms with Gasteiger partial charge < -0.3 is 10.8 Å². The zero-order valence-electron chi connectivity index (χ0n) is 11.1. The second-order valence-electron chi connectivity index (χ2n) is 5.73. The maximum atomic E-state index is 10.8. The molecule has 18 heavy (non-hydrogen) atoms. The fourth-order valence-corrected chi connectivity index (χ4v) is 2.18. The van der Waals surface area contributed by atoms with E-state index in [0.717, 1.165) is 16.5 Å². The number of nitrogens with two attached hydrogens (primary N) is 1. The average Bonchev–Trinajstić information content (AvgIpc) is 2.35. The number of nitrogens with zero attached hydrogens (tertiary/aromatic N) is 1. The predicted molar refractivity (Wildman–Crippen MR) is 74.1 cm³/mol. The van der Waals surface area contributed by atoms with E-state index in [-0.39, 0.29) is 12.0 Å². The Bertz CT molecular complexity index is 560. The lowest BCUT2D eigenvalue weighted by Gasteiger charge is -2.40. The molecule has 0 bridgehead atoms. The SMILES string of the molecule is CC(C)(C)C(O)(CN)c1ccc2cccnc2c1. The Morgan fingerprint density at radius 3 is 2.56 bits per heavy atom. The van der Waals surface area contributed by atoms with Crippen molar-refractivity contribution in [2.45, 2.75) is 26.4 Å². The molecule has 3 nitrogen and oxygen atoms in total. The van der Waals surface area contributed by atoms with Gasteiger partial charge in [0.15, 0.2) is 0 Å². The molecule has 0 aliphatic carbocycles. The molecule has 1 aromatic heterocycles. The van der Waals surface area contributed by atoms with Crippen molar-refractivity contribution in [3.63, 3.8) is 0 Å². The van der Waals surface area contributed by atoms with Gasteiger partial charge in [0.25, 0.3) is 0 Å². The maximum absolute atomic E-state index is 10.8. The van der Waals surface area contributed by atoms with Crippen molar-refractivity contribution in [1.29, 1.82) is 0 Å². The molecule has 0 spiro atoms. The number of pyridine rings is 1. The molecule has 1 aromatic carbocycles. The molecule has 0 aliphatic heterocycles. The average molecular weight is 244 g/mol. The van der Waals surface area contributed by atoms with Gasteiger partial charge in [-0.25, -0.2) is 0 Å². The molecule has 3 heteroatoms. The summed E-state index contributed by atoms with van der Waals surface area (Å²) in [6.45, 7) is 6.16. The van der Waals surface area contributed by atoms with Gasteiger partial charge in [0.2, 0.25) is 0 Å². The Morgan fingerprint density at radius 2 is 1.94 bits per heavy atom. The molecule has 1 heterocycles. The number of hydrogen-bond acceptors (Lipinski definition) is 3. The largest absolute Gasteiger partial charge is 0.383 e. The summed E-state index contributed by atoms with van der Waals surface area (Å²) in [5, 5.41) is 11.9. The van der Waals surface area contributed by atoms with Gasteiger partial charge in [-0.15, -0.1) is 0 Å². The van der Waals surface area contributed by atoms with E-state index in [2.05, 4.69) is 4.98 Å². The van der Waals surface area contributed by atoms with Crippen LogP contribution < -0.4 is 5.73 Å². The Kier molecular flexibility index (Phi) is 3.13. The van der Waals surface area contributed by atoms with Crippen molar-refractivity contribution in [3.05, 3.63) is 42.1 Å². The minimum Gasteiger partial charge on any atom is -0.383 e. The van der Waals surface area contributed by atoms with Gasteiger partial charge in [0.05, 0.1) is 5.52 Å². The van der Waals surface area contributed by atoms with Crippen LogP contribution in [0.25, 0.3) is 10.9 Å². The molecule has 2 rings (SSSR count). The van der Waals surface area contributed by atoms with E-state index in [0.29, 0.717) is 0 Å². The summed E-state index contributed by atoms with van der Waals surface area (Å²) in [5.74, 6) is 0. The van der Waals surface area contributed by atoms with Gasteiger partial charge in [-0.05, 0) is 23.1 Å². The topological polar surface area (TPSA) is 59.1 Å². The normalized spacial score (nSPS) is 15.6. The number of fused-ring (bicyclic) bond motifs is 1. The van der Waals surface area contributed by atoms with Crippen molar-refractivity contribution in [2.75, 3.05) is 6.54 Å². The lowest BCUT2D eigenvalue weighted by atomic mass is 9.72. The molecule has 0 radical (unpaired) electrons. The third-order valence-corrected chi connectivity index (χ3v) is 3.62. The second kappa shape index (κ2) is 4.34. The van der Waals surface area contributed by atoms with Crippen LogP contribution in [0.1, 0.15) is 26.3 Å². The summed E-state index contributed by atoms with van der Waals surface area (Å²) in [5.41, 5.74) is 6.13. The zero-order valence-corrected chi connectivity index (χ0v) is 11.1. The van der Waals surface area contributed by atoms with Crippen molar-refractivity contribution >= 4 is 10.9 Å². The maximum Gasteiger partial charge on any atom is 0.107 e. The van der Waals surface area contributed by atoms with E-state index in [1.807, 2.05) is 51.1 Å². The predicted octanol–water partition coefficient (Wildman–Crippen LogP) is 2.43. The number of rotatable bonds is 2. The standard InChI is InChI=1S/C15H20N2O/c1-14(2,3)15(18,10-16)12-7-6-11-5-4-8-17-13(11)9-12/h4-9,18H,10,16H2,1-3H3. The van der Waals surface area contributed by atoms with Gasteiger partial charge in [-0.3, -0.25) is 4.98 Å². The van der Waals surface area contributed by atoms with Crippen molar-refractivity contribution in [1.82, 2.24) is 4.98 Å². The van der Waals surface area contributed by atoms with Crippen LogP contribution in [0, 0.1) is 5.41 Å². The molecule has 0 saturated heterocycles. The molecule has 1 atom stereocenters. The smallest absolute Gasteiger partial charge is 0.107 e. The zero-order chi connectivity index (χ0) is 13.4. The Labute approximate surface area is 108 Å². The van der Waals surface area contributed by atoms with Gasteiger partial charge in [0, 0.05) is 18.1 Å². The highest BCUT2D eigenvalue weighted by atomic mass is 16.3. The first-order valence-corrected chi connectivity index (χ1v) is 6.16. The van der Waals surface area contributed by atoms with E-state index >= 15 is 0 Å². The number of aromatic nitrogens is 1. The van der Waals surface area contributed by atoms with Gasteiger partial charge in [-0.1, -0.05) is 39.0 Å². The van der Waals surface area contributed by atoms with Crippen LogP contribution in [0.3, 0.4) is 0 Å². The molecule has 1 unspecified atom stereocenters. The molecule has 96 valence electrons. The van der Waals surface area contributed by atoms with Crippen molar-refractivity contribution < 1.29 is 5.11 Å². The minimum atomic E-state index is -1.04. The van der Waals surface area contributed by atoms with E-state index in [9.17, 15) is 5.11 Å². The van der Waals surface area contributed by atoms with E-state index in [1.165, 1.54) is 0 Å². The second-order valence-corrected chi connectivity index (χ2v) is 5.73. The number of hydrogen-bond donors (Lipinski definition) is 2. The van der Waals surface area contributed by atoms with E-state index < -0.39 is 5.60 Å². The highest BCUT2D eigenvalue weighted by Crippen LogP contribution is 2.39. The summed E-state index contributed by atoms with van der Waals surface area (Å²) < 4.78 is 0. The van der Waals surface area contributed by atoms with Crippen LogP contribution in [0.2, 0.25) is 0 Å². The molecule has 2 aromatic rings. The van der Waals surface area contributed by atoms with Crippen LogP contribution in [0.15, 0.2) is 36.5 Å². The number of aliphatic hydroxyl groups is 1. The molecule has 0 amide bonds. The highest BCUT2D eigenvalue weighted by Gasteiger charge is 2.40. The monoisotopic (exact) mass is 244 g/mol. The Hall–Kier alpha value is -1.45. The Balaban J connectivity index is 2.59. The minimum absolute atomic E-state index is 0.189. The van der Waals surface area contributed by atoms with E-state index in [4.69, 9.17) is 5.73 Å².